The standard InChI is InChI=1S/C14H27NO3S/c1-15-14(12-6-4-8-18-10-12)11-5-3-7-13(9-11)19(2,16)17/h11-15H,3-10H2,1-2H3. The SMILES string of the molecule is CNC(C1CCCOC1)C1CCCC(S(C)(=O)=O)C1. The first-order chi connectivity index (χ1) is 9.02. The van der Waals surface area contributed by atoms with Crippen molar-refractivity contribution in [2.75, 3.05) is 26.5 Å². The van der Waals surface area contributed by atoms with Crippen molar-refractivity contribution in [1.29, 1.82) is 0 Å². The van der Waals surface area contributed by atoms with Gasteiger partial charge in [-0.25, -0.2) is 8.42 Å². The molecule has 0 radical (unpaired) electrons. The first-order valence-corrected chi connectivity index (χ1v) is 9.41. The molecule has 2 aliphatic rings. The molecule has 0 aromatic carbocycles. The molecule has 0 aromatic heterocycles. The van der Waals surface area contributed by atoms with Crippen molar-refractivity contribution in [2.45, 2.75) is 49.8 Å². The predicted octanol–water partition coefficient (Wildman–Crippen LogP) is 1.60. The summed E-state index contributed by atoms with van der Waals surface area (Å²) in [6.07, 6.45) is 7.56. The van der Waals surface area contributed by atoms with Crippen LogP contribution in [0, 0.1) is 11.8 Å². The van der Waals surface area contributed by atoms with Crippen LogP contribution in [0.25, 0.3) is 0 Å². The summed E-state index contributed by atoms with van der Waals surface area (Å²) in [5.74, 6) is 1.02. The molecule has 1 aliphatic carbocycles. The van der Waals surface area contributed by atoms with Gasteiger partial charge in [-0.15, -0.1) is 0 Å². The molecule has 1 saturated carbocycles. The van der Waals surface area contributed by atoms with Crippen molar-refractivity contribution in [3.05, 3.63) is 0 Å². The molecule has 2 rings (SSSR count). The van der Waals surface area contributed by atoms with Gasteiger partial charge in [0, 0.05) is 18.9 Å². The van der Waals surface area contributed by atoms with Gasteiger partial charge in [0.25, 0.3) is 0 Å². The van der Waals surface area contributed by atoms with E-state index in [0.29, 0.717) is 17.9 Å². The topological polar surface area (TPSA) is 55.4 Å². The summed E-state index contributed by atoms with van der Waals surface area (Å²) in [6.45, 7) is 1.70. The second kappa shape index (κ2) is 6.55. The van der Waals surface area contributed by atoms with E-state index in [1.54, 1.807) is 0 Å². The number of ether oxygens (including phenoxy) is 1. The summed E-state index contributed by atoms with van der Waals surface area (Å²) in [5, 5.41) is 3.31. The molecule has 1 heterocycles. The van der Waals surface area contributed by atoms with Gasteiger partial charge in [-0.3, -0.25) is 0 Å². The minimum atomic E-state index is -2.89. The molecule has 112 valence electrons. The molecule has 1 N–H and O–H groups in total. The summed E-state index contributed by atoms with van der Waals surface area (Å²) < 4.78 is 29.1. The fourth-order valence-electron chi connectivity index (χ4n) is 3.80. The third kappa shape index (κ3) is 3.92. The Balaban J connectivity index is 2.01. The molecule has 0 spiro atoms. The van der Waals surface area contributed by atoms with E-state index in [9.17, 15) is 8.42 Å². The van der Waals surface area contributed by atoms with E-state index < -0.39 is 9.84 Å². The second-order valence-electron chi connectivity index (χ2n) is 6.17. The van der Waals surface area contributed by atoms with E-state index in [2.05, 4.69) is 5.32 Å². The Bertz CT molecular complexity index is 376. The minimum Gasteiger partial charge on any atom is -0.381 e. The van der Waals surface area contributed by atoms with Gasteiger partial charge in [0.15, 0.2) is 0 Å². The monoisotopic (exact) mass is 289 g/mol. The van der Waals surface area contributed by atoms with Crippen LogP contribution in [0.1, 0.15) is 38.5 Å². The number of sulfone groups is 1. The van der Waals surface area contributed by atoms with Gasteiger partial charge >= 0.3 is 0 Å². The maximum Gasteiger partial charge on any atom is 0.150 e. The number of nitrogens with one attached hydrogen (secondary N) is 1. The van der Waals surface area contributed by atoms with Crippen molar-refractivity contribution in [2.24, 2.45) is 11.8 Å². The lowest BCUT2D eigenvalue weighted by atomic mass is 9.77. The van der Waals surface area contributed by atoms with Gasteiger partial charge in [-0.1, -0.05) is 6.42 Å². The van der Waals surface area contributed by atoms with Gasteiger partial charge < -0.3 is 10.1 Å². The van der Waals surface area contributed by atoms with Gasteiger partial charge in [0.2, 0.25) is 0 Å². The summed E-state index contributed by atoms with van der Waals surface area (Å²) in [5.41, 5.74) is 0. The molecule has 5 heteroatoms. The number of rotatable bonds is 4. The first-order valence-electron chi connectivity index (χ1n) is 7.46. The zero-order valence-electron chi connectivity index (χ0n) is 12.1. The molecular formula is C14H27NO3S. The quantitative estimate of drug-likeness (QED) is 0.854. The van der Waals surface area contributed by atoms with Gasteiger partial charge in [-0.05, 0) is 51.0 Å². The molecule has 4 atom stereocenters. The summed E-state index contributed by atoms with van der Waals surface area (Å²) in [6, 6.07) is 0.407. The highest BCUT2D eigenvalue weighted by atomic mass is 32.2. The van der Waals surface area contributed by atoms with Gasteiger partial charge in [0.1, 0.15) is 9.84 Å². The van der Waals surface area contributed by atoms with Crippen LogP contribution in [0.2, 0.25) is 0 Å². The lowest BCUT2D eigenvalue weighted by molar-refractivity contribution is 0.0263. The molecule has 0 amide bonds. The van der Waals surface area contributed by atoms with Crippen molar-refractivity contribution >= 4 is 9.84 Å². The molecular weight excluding hydrogens is 262 g/mol. The molecule has 1 saturated heterocycles. The van der Waals surface area contributed by atoms with E-state index >= 15 is 0 Å². The highest BCUT2D eigenvalue weighted by Crippen LogP contribution is 2.34. The van der Waals surface area contributed by atoms with E-state index in [1.807, 2.05) is 7.05 Å². The second-order valence-corrected chi connectivity index (χ2v) is 8.50. The van der Waals surface area contributed by atoms with Crippen LogP contribution < -0.4 is 5.32 Å². The zero-order valence-corrected chi connectivity index (χ0v) is 12.9. The Kier molecular flexibility index (Phi) is 5.26. The highest BCUT2D eigenvalue weighted by molar-refractivity contribution is 7.91. The van der Waals surface area contributed by atoms with Gasteiger partial charge in [0.05, 0.1) is 11.9 Å². The molecule has 0 aromatic rings. The van der Waals surface area contributed by atoms with Crippen LogP contribution in [0.3, 0.4) is 0 Å². The maximum atomic E-state index is 11.8. The van der Waals surface area contributed by atoms with E-state index in [0.717, 1.165) is 45.3 Å². The molecule has 1 aliphatic heterocycles. The number of hydrogen-bond acceptors (Lipinski definition) is 4. The van der Waals surface area contributed by atoms with E-state index in [4.69, 9.17) is 4.74 Å². The lowest BCUT2D eigenvalue weighted by Gasteiger charge is -2.39. The maximum absolute atomic E-state index is 11.8. The molecule has 19 heavy (non-hydrogen) atoms. The van der Waals surface area contributed by atoms with Crippen LogP contribution >= 0.6 is 0 Å². The average molecular weight is 289 g/mol. The highest BCUT2D eigenvalue weighted by Gasteiger charge is 2.36. The van der Waals surface area contributed by atoms with Crippen molar-refractivity contribution in [3.63, 3.8) is 0 Å². The zero-order chi connectivity index (χ0) is 13.9. The van der Waals surface area contributed by atoms with Crippen LogP contribution in [-0.2, 0) is 14.6 Å². The van der Waals surface area contributed by atoms with Crippen molar-refractivity contribution in [1.82, 2.24) is 5.32 Å². The smallest absolute Gasteiger partial charge is 0.150 e. The summed E-state index contributed by atoms with van der Waals surface area (Å²) in [4.78, 5) is 0. The Labute approximate surface area is 117 Å². The molecule has 2 fully saturated rings. The van der Waals surface area contributed by atoms with Crippen LogP contribution in [-0.4, -0.2) is 46.2 Å². The normalized spacial score (nSPS) is 34.9. The van der Waals surface area contributed by atoms with Crippen LogP contribution in [0.15, 0.2) is 0 Å². The van der Waals surface area contributed by atoms with Crippen molar-refractivity contribution < 1.29 is 13.2 Å². The summed E-state index contributed by atoms with van der Waals surface area (Å²) >= 11 is 0. The number of hydrogen-bond donors (Lipinski definition) is 1. The largest absolute Gasteiger partial charge is 0.381 e. The van der Waals surface area contributed by atoms with Crippen LogP contribution in [0.5, 0.6) is 0 Å². The van der Waals surface area contributed by atoms with E-state index in [1.165, 1.54) is 12.7 Å². The third-order valence-corrected chi connectivity index (χ3v) is 6.46. The predicted molar refractivity (Wildman–Crippen MR) is 77.0 cm³/mol. The Morgan fingerprint density at radius 1 is 1.16 bits per heavy atom. The fourth-order valence-corrected chi connectivity index (χ4v) is 4.99. The lowest BCUT2D eigenvalue weighted by Crippen LogP contribution is -2.46. The fraction of sp³-hybridized carbons (Fsp3) is 1.00. The third-order valence-electron chi connectivity index (χ3n) is 4.82. The molecule has 4 nitrogen and oxygen atoms in total. The van der Waals surface area contributed by atoms with Crippen molar-refractivity contribution in [3.8, 4) is 0 Å². The van der Waals surface area contributed by atoms with E-state index in [-0.39, 0.29) is 5.25 Å². The Morgan fingerprint density at radius 2 is 1.89 bits per heavy atom. The molecule has 0 bridgehead atoms. The Hall–Kier alpha value is -0.130. The minimum absolute atomic E-state index is 0.133. The van der Waals surface area contributed by atoms with Gasteiger partial charge in [-0.2, -0.15) is 0 Å². The van der Waals surface area contributed by atoms with Crippen LogP contribution in [0.4, 0.5) is 0 Å². The molecule has 4 unspecified atom stereocenters. The first kappa shape index (κ1) is 15.3. The summed E-state index contributed by atoms with van der Waals surface area (Å²) in [7, 11) is -0.887. The average Bonchev–Trinajstić information content (AvgIpc) is 2.40. The Morgan fingerprint density at radius 3 is 2.47 bits per heavy atom.